The standard InChI is InChI=1S/C18H22ClN3O3/c1-12(2)20-18(24)21-17(23)11-22(3)10-15-8-9-16(25-15)13-4-6-14(19)7-5-13/h4-9,12H,10-11H2,1-3H3,(H2,20,21,23,24)/p+1. The van der Waals surface area contributed by atoms with Crippen LogP contribution in [0.3, 0.4) is 0 Å². The summed E-state index contributed by atoms with van der Waals surface area (Å²) in [5, 5.41) is 5.60. The first-order chi connectivity index (χ1) is 11.8. The second kappa shape index (κ2) is 8.69. The van der Waals surface area contributed by atoms with Crippen molar-refractivity contribution < 1.29 is 18.9 Å². The van der Waals surface area contributed by atoms with Crippen molar-refractivity contribution in [1.82, 2.24) is 10.6 Å². The van der Waals surface area contributed by atoms with Crippen molar-refractivity contribution in [2.45, 2.75) is 26.4 Å². The zero-order valence-electron chi connectivity index (χ0n) is 14.6. The molecule has 6 nitrogen and oxygen atoms in total. The highest BCUT2D eigenvalue weighted by atomic mass is 35.5. The van der Waals surface area contributed by atoms with Gasteiger partial charge in [-0.15, -0.1) is 0 Å². The molecule has 25 heavy (non-hydrogen) atoms. The minimum absolute atomic E-state index is 0.0210. The van der Waals surface area contributed by atoms with Crippen molar-refractivity contribution in [3.8, 4) is 11.3 Å². The first kappa shape index (κ1) is 19.0. The molecule has 1 aromatic heterocycles. The van der Waals surface area contributed by atoms with Gasteiger partial charge in [0.05, 0.1) is 7.05 Å². The van der Waals surface area contributed by atoms with Gasteiger partial charge in [0.15, 0.2) is 12.3 Å². The number of hydrogen-bond donors (Lipinski definition) is 3. The molecule has 2 aromatic rings. The number of amides is 3. The number of likely N-dealkylation sites (N-methyl/N-ethyl adjacent to an activating group) is 1. The number of imide groups is 1. The van der Waals surface area contributed by atoms with Gasteiger partial charge >= 0.3 is 6.03 Å². The first-order valence-electron chi connectivity index (χ1n) is 8.10. The Balaban J connectivity index is 1.86. The van der Waals surface area contributed by atoms with Crippen molar-refractivity contribution in [1.29, 1.82) is 0 Å². The van der Waals surface area contributed by atoms with Crippen LogP contribution in [-0.4, -0.2) is 31.6 Å². The van der Waals surface area contributed by atoms with E-state index in [4.69, 9.17) is 16.0 Å². The van der Waals surface area contributed by atoms with Gasteiger partial charge in [-0.05, 0) is 50.2 Å². The number of rotatable bonds is 6. The van der Waals surface area contributed by atoms with Gasteiger partial charge in [-0.25, -0.2) is 4.79 Å². The van der Waals surface area contributed by atoms with Crippen LogP contribution in [0.4, 0.5) is 4.79 Å². The van der Waals surface area contributed by atoms with E-state index in [0.717, 1.165) is 22.0 Å². The van der Waals surface area contributed by atoms with E-state index in [1.165, 1.54) is 0 Å². The lowest BCUT2D eigenvalue weighted by Gasteiger charge is -2.13. The maximum absolute atomic E-state index is 11.9. The zero-order chi connectivity index (χ0) is 18.4. The monoisotopic (exact) mass is 364 g/mol. The van der Waals surface area contributed by atoms with E-state index in [1.54, 1.807) is 0 Å². The van der Waals surface area contributed by atoms with Crippen LogP contribution in [0.5, 0.6) is 0 Å². The van der Waals surface area contributed by atoms with E-state index in [-0.39, 0.29) is 18.5 Å². The van der Waals surface area contributed by atoms with Gasteiger partial charge in [0, 0.05) is 16.6 Å². The molecule has 1 aromatic carbocycles. The number of carbonyl (C=O) groups excluding carboxylic acids is 2. The summed E-state index contributed by atoms with van der Waals surface area (Å²) < 4.78 is 5.82. The highest BCUT2D eigenvalue weighted by Crippen LogP contribution is 2.23. The number of furan rings is 1. The van der Waals surface area contributed by atoms with Gasteiger partial charge in [0.2, 0.25) is 0 Å². The zero-order valence-corrected chi connectivity index (χ0v) is 15.3. The Hall–Kier alpha value is -2.31. The number of benzene rings is 1. The highest BCUT2D eigenvalue weighted by molar-refractivity contribution is 6.30. The van der Waals surface area contributed by atoms with E-state index in [2.05, 4.69) is 10.6 Å². The molecule has 0 saturated carbocycles. The molecule has 0 fully saturated rings. The predicted octanol–water partition coefficient (Wildman–Crippen LogP) is 1.85. The van der Waals surface area contributed by atoms with E-state index >= 15 is 0 Å². The molecular weight excluding hydrogens is 342 g/mol. The fourth-order valence-electron chi connectivity index (χ4n) is 2.35. The molecule has 2 rings (SSSR count). The SMILES string of the molecule is CC(C)NC(=O)NC(=O)C[NH+](C)Cc1ccc(-c2ccc(Cl)cc2)o1. The lowest BCUT2D eigenvalue weighted by Crippen LogP contribution is -3.09. The summed E-state index contributed by atoms with van der Waals surface area (Å²) in [5.74, 6) is 1.18. The van der Waals surface area contributed by atoms with Gasteiger partial charge in [0.1, 0.15) is 12.3 Å². The molecule has 1 unspecified atom stereocenters. The van der Waals surface area contributed by atoms with Crippen LogP contribution in [0.1, 0.15) is 19.6 Å². The number of urea groups is 1. The summed E-state index contributed by atoms with van der Waals surface area (Å²) in [6, 6.07) is 10.7. The molecule has 0 spiro atoms. The molecule has 0 aliphatic heterocycles. The van der Waals surface area contributed by atoms with E-state index < -0.39 is 6.03 Å². The third-order valence-corrected chi connectivity index (χ3v) is 3.65. The number of nitrogens with one attached hydrogen (secondary N) is 3. The highest BCUT2D eigenvalue weighted by Gasteiger charge is 2.15. The molecule has 134 valence electrons. The lowest BCUT2D eigenvalue weighted by atomic mass is 10.2. The summed E-state index contributed by atoms with van der Waals surface area (Å²) in [5.41, 5.74) is 0.941. The summed E-state index contributed by atoms with van der Waals surface area (Å²) in [4.78, 5) is 24.3. The topological polar surface area (TPSA) is 75.8 Å². The number of halogens is 1. The van der Waals surface area contributed by atoms with Crippen molar-refractivity contribution in [3.63, 3.8) is 0 Å². The van der Waals surface area contributed by atoms with Gasteiger partial charge < -0.3 is 14.6 Å². The summed E-state index contributed by atoms with van der Waals surface area (Å²) in [6.45, 7) is 4.36. The molecule has 0 aliphatic rings. The number of hydrogen-bond acceptors (Lipinski definition) is 3. The average molecular weight is 365 g/mol. The molecule has 0 bridgehead atoms. The minimum Gasteiger partial charge on any atom is -0.455 e. The van der Waals surface area contributed by atoms with E-state index in [0.29, 0.717) is 11.6 Å². The Morgan fingerprint density at radius 3 is 2.48 bits per heavy atom. The Bertz CT molecular complexity index is 725. The summed E-state index contributed by atoms with van der Waals surface area (Å²) >= 11 is 5.89. The van der Waals surface area contributed by atoms with Gasteiger partial charge in [-0.3, -0.25) is 10.1 Å². The van der Waals surface area contributed by atoms with E-state index in [1.807, 2.05) is 57.3 Å². The Labute approximate surface area is 152 Å². The summed E-state index contributed by atoms with van der Waals surface area (Å²) in [6.07, 6.45) is 0. The largest absolute Gasteiger partial charge is 0.455 e. The Kier molecular flexibility index (Phi) is 6.61. The minimum atomic E-state index is -0.476. The maximum atomic E-state index is 11.9. The smallest absolute Gasteiger partial charge is 0.321 e. The first-order valence-corrected chi connectivity index (χ1v) is 8.47. The molecule has 7 heteroatoms. The fourth-order valence-corrected chi connectivity index (χ4v) is 2.47. The molecule has 1 heterocycles. The quantitative estimate of drug-likeness (QED) is 0.732. The van der Waals surface area contributed by atoms with Crippen molar-refractivity contribution in [2.75, 3.05) is 13.6 Å². The molecule has 1 atom stereocenters. The normalized spacial score (nSPS) is 12.0. The lowest BCUT2D eigenvalue weighted by molar-refractivity contribution is -0.886. The second-order valence-electron chi connectivity index (χ2n) is 6.26. The van der Waals surface area contributed by atoms with Crippen LogP contribution < -0.4 is 15.5 Å². The van der Waals surface area contributed by atoms with Gasteiger partial charge in [0.25, 0.3) is 5.91 Å². The van der Waals surface area contributed by atoms with Crippen molar-refractivity contribution in [3.05, 3.63) is 47.2 Å². The Morgan fingerprint density at radius 1 is 1.16 bits per heavy atom. The van der Waals surface area contributed by atoms with Crippen molar-refractivity contribution >= 4 is 23.5 Å². The molecule has 3 N–H and O–H groups in total. The van der Waals surface area contributed by atoms with Crippen LogP contribution in [-0.2, 0) is 11.3 Å². The average Bonchev–Trinajstić information content (AvgIpc) is 2.94. The Morgan fingerprint density at radius 2 is 1.84 bits per heavy atom. The van der Waals surface area contributed by atoms with E-state index in [9.17, 15) is 9.59 Å². The molecule has 0 radical (unpaired) electrons. The van der Waals surface area contributed by atoms with Gasteiger partial charge in [-0.1, -0.05) is 11.6 Å². The van der Waals surface area contributed by atoms with Crippen molar-refractivity contribution in [2.24, 2.45) is 0 Å². The van der Waals surface area contributed by atoms with Crippen LogP contribution in [0.15, 0.2) is 40.8 Å². The van der Waals surface area contributed by atoms with Crippen LogP contribution in [0, 0.1) is 0 Å². The third kappa shape index (κ3) is 6.25. The summed E-state index contributed by atoms with van der Waals surface area (Å²) in [7, 11) is 1.87. The van der Waals surface area contributed by atoms with Crippen LogP contribution in [0.25, 0.3) is 11.3 Å². The van der Waals surface area contributed by atoms with Crippen LogP contribution in [0.2, 0.25) is 5.02 Å². The third-order valence-electron chi connectivity index (χ3n) is 3.40. The van der Waals surface area contributed by atoms with Crippen LogP contribution >= 0.6 is 11.6 Å². The second-order valence-corrected chi connectivity index (χ2v) is 6.70. The van der Waals surface area contributed by atoms with Gasteiger partial charge in [-0.2, -0.15) is 0 Å². The molecular formula is C18H23ClN3O3+. The predicted molar refractivity (Wildman–Crippen MR) is 96.4 cm³/mol. The fraction of sp³-hybridized carbons (Fsp3) is 0.333. The molecule has 0 aliphatic carbocycles. The molecule has 3 amide bonds. The number of carbonyl (C=O) groups is 2. The molecule has 0 saturated heterocycles. The number of quaternary nitrogens is 1. The maximum Gasteiger partial charge on any atom is 0.321 e.